The quantitative estimate of drug-likeness (QED) is 0.781. The predicted molar refractivity (Wildman–Crippen MR) is 74.4 cm³/mol. The van der Waals surface area contributed by atoms with Gasteiger partial charge in [0.25, 0.3) is 0 Å². The minimum atomic E-state index is -0.322. The normalized spacial score (nSPS) is 35.2. The van der Waals surface area contributed by atoms with Crippen LogP contribution in [0.2, 0.25) is 0 Å². The van der Waals surface area contributed by atoms with Gasteiger partial charge in [-0.2, -0.15) is 0 Å². The molecule has 3 atom stereocenters. The van der Waals surface area contributed by atoms with E-state index in [0.29, 0.717) is 12.5 Å². The third-order valence-electron chi connectivity index (χ3n) is 5.37. The molecule has 1 saturated carbocycles. The molecule has 0 radical (unpaired) electrons. The molecule has 0 aromatic heterocycles. The van der Waals surface area contributed by atoms with Crippen LogP contribution in [0.1, 0.15) is 24.8 Å². The van der Waals surface area contributed by atoms with Crippen molar-refractivity contribution in [3.63, 3.8) is 0 Å². The number of fused-ring (bicyclic) bond motifs is 1. The fraction of sp³-hybridized carbons (Fsp3) is 0.562. The summed E-state index contributed by atoms with van der Waals surface area (Å²) in [6, 6.07) is 6.43. The van der Waals surface area contributed by atoms with Crippen LogP contribution in [0.15, 0.2) is 18.2 Å². The van der Waals surface area contributed by atoms with Crippen LogP contribution in [0.5, 0.6) is 11.5 Å². The second-order valence-corrected chi connectivity index (χ2v) is 6.13. The van der Waals surface area contributed by atoms with Gasteiger partial charge in [-0.1, -0.05) is 12.1 Å². The standard InChI is InChI=1S/C16H19NO3/c1-17-9-8-16-10-4-3-5-12(19-2)14(10)20-15(16)11(18)6-7-13(16)17/h3-5,13,15H,6-9H2,1-2H3. The maximum Gasteiger partial charge on any atom is 0.174 e. The molecule has 3 aliphatic rings. The summed E-state index contributed by atoms with van der Waals surface area (Å²) >= 11 is 0. The number of hydrogen-bond donors (Lipinski definition) is 0. The maximum absolute atomic E-state index is 12.4. The number of nitrogens with zero attached hydrogens (tertiary/aromatic N) is 1. The van der Waals surface area contributed by atoms with Crippen LogP contribution >= 0.6 is 0 Å². The van der Waals surface area contributed by atoms with Crippen molar-refractivity contribution >= 4 is 5.78 Å². The minimum Gasteiger partial charge on any atom is -0.493 e. The van der Waals surface area contributed by atoms with Gasteiger partial charge in [0, 0.05) is 18.0 Å². The first-order valence-corrected chi connectivity index (χ1v) is 7.25. The number of carbonyl (C=O) groups is 1. The van der Waals surface area contributed by atoms with Gasteiger partial charge in [-0.05, 0) is 32.5 Å². The lowest BCUT2D eigenvalue weighted by atomic mass is 9.65. The highest BCUT2D eigenvalue weighted by atomic mass is 16.5. The van der Waals surface area contributed by atoms with Crippen molar-refractivity contribution < 1.29 is 14.3 Å². The van der Waals surface area contributed by atoms with Crippen molar-refractivity contribution in [3.05, 3.63) is 23.8 Å². The van der Waals surface area contributed by atoms with Gasteiger partial charge in [0.05, 0.1) is 12.5 Å². The van der Waals surface area contributed by atoms with E-state index >= 15 is 0 Å². The van der Waals surface area contributed by atoms with E-state index in [4.69, 9.17) is 9.47 Å². The average molecular weight is 273 g/mol. The van der Waals surface area contributed by atoms with Crippen LogP contribution in [-0.4, -0.2) is 43.5 Å². The van der Waals surface area contributed by atoms with Gasteiger partial charge in [0.15, 0.2) is 23.4 Å². The summed E-state index contributed by atoms with van der Waals surface area (Å²) in [5.41, 5.74) is 1.01. The number of ether oxygens (including phenoxy) is 2. The van der Waals surface area contributed by atoms with Crippen LogP contribution in [0, 0.1) is 0 Å². The van der Waals surface area contributed by atoms with Crippen molar-refractivity contribution in [3.8, 4) is 11.5 Å². The highest BCUT2D eigenvalue weighted by Gasteiger charge is 2.62. The molecule has 4 rings (SSSR count). The molecule has 4 nitrogen and oxygen atoms in total. The summed E-state index contributed by atoms with van der Waals surface area (Å²) < 4.78 is 11.5. The maximum atomic E-state index is 12.4. The molecule has 1 aromatic carbocycles. The lowest BCUT2D eigenvalue weighted by Crippen LogP contribution is -2.55. The predicted octanol–water partition coefficient (Wildman–Crippen LogP) is 1.76. The van der Waals surface area contributed by atoms with Crippen molar-refractivity contribution in [1.82, 2.24) is 4.90 Å². The van der Waals surface area contributed by atoms with Crippen LogP contribution in [-0.2, 0) is 10.2 Å². The minimum absolute atomic E-state index is 0.159. The Labute approximate surface area is 118 Å². The molecule has 0 bridgehead atoms. The molecular formula is C16H19NO3. The van der Waals surface area contributed by atoms with E-state index in [1.54, 1.807) is 7.11 Å². The fourth-order valence-corrected chi connectivity index (χ4v) is 4.47. The van der Waals surface area contributed by atoms with Gasteiger partial charge in [0.2, 0.25) is 0 Å². The number of carbonyl (C=O) groups excluding carboxylic acids is 1. The van der Waals surface area contributed by atoms with Crippen molar-refractivity contribution in [2.75, 3.05) is 20.7 Å². The molecule has 2 fully saturated rings. The largest absolute Gasteiger partial charge is 0.493 e. The number of likely N-dealkylation sites (N-methyl/N-ethyl adjacent to an activating group) is 1. The fourth-order valence-electron chi connectivity index (χ4n) is 4.47. The molecule has 0 N–H and O–H groups in total. The van der Waals surface area contributed by atoms with E-state index in [2.05, 4.69) is 18.0 Å². The number of methoxy groups -OCH3 is 1. The average Bonchev–Trinajstić information content (AvgIpc) is 2.98. The van der Waals surface area contributed by atoms with E-state index in [0.717, 1.165) is 30.9 Å². The van der Waals surface area contributed by atoms with E-state index in [9.17, 15) is 4.79 Å². The molecular weight excluding hydrogens is 254 g/mol. The molecule has 4 heteroatoms. The number of Topliss-reactive ketones (excluding diaryl/α,β-unsaturated/α-hetero) is 1. The molecule has 2 heterocycles. The molecule has 106 valence electrons. The molecule has 1 aliphatic carbocycles. The van der Waals surface area contributed by atoms with Crippen LogP contribution < -0.4 is 9.47 Å². The third kappa shape index (κ3) is 1.28. The Morgan fingerprint density at radius 1 is 1.45 bits per heavy atom. The summed E-state index contributed by atoms with van der Waals surface area (Å²) in [7, 11) is 3.81. The smallest absolute Gasteiger partial charge is 0.174 e. The summed E-state index contributed by atoms with van der Waals surface area (Å²) in [4.78, 5) is 14.8. The summed E-state index contributed by atoms with van der Waals surface area (Å²) in [6.07, 6.45) is 2.23. The molecule has 20 heavy (non-hydrogen) atoms. The third-order valence-corrected chi connectivity index (χ3v) is 5.37. The lowest BCUT2D eigenvalue weighted by Gasteiger charge is -2.40. The van der Waals surface area contributed by atoms with Crippen molar-refractivity contribution in [2.24, 2.45) is 0 Å². The summed E-state index contributed by atoms with van der Waals surface area (Å²) in [5, 5.41) is 0. The van der Waals surface area contributed by atoms with Gasteiger partial charge in [-0.25, -0.2) is 0 Å². The Kier molecular flexibility index (Phi) is 2.43. The lowest BCUT2D eigenvalue weighted by molar-refractivity contribution is -0.131. The van der Waals surface area contributed by atoms with Gasteiger partial charge < -0.3 is 14.4 Å². The zero-order valence-electron chi connectivity index (χ0n) is 11.9. The molecule has 1 spiro atoms. The summed E-state index contributed by atoms with van der Waals surface area (Å²) in [5.74, 6) is 1.78. The first kappa shape index (κ1) is 12.2. The number of hydrogen-bond acceptors (Lipinski definition) is 4. The van der Waals surface area contributed by atoms with Crippen LogP contribution in [0.25, 0.3) is 0 Å². The van der Waals surface area contributed by atoms with E-state index in [-0.39, 0.29) is 17.3 Å². The first-order valence-electron chi connectivity index (χ1n) is 7.25. The zero-order valence-corrected chi connectivity index (χ0v) is 11.9. The molecule has 1 saturated heterocycles. The van der Waals surface area contributed by atoms with Crippen molar-refractivity contribution in [1.29, 1.82) is 0 Å². The van der Waals surface area contributed by atoms with E-state index in [1.165, 1.54) is 5.56 Å². The molecule has 1 aromatic rings. The number of ketones is 1. The number of para-hydroxylation sites is 1. The first-order chi connectivity index (χ1) is 9.68. The SMILES string of the molecule is COc1cccc2c1OC1C(=O)CCC3N(C)CCC213. The highest BCUT2D eigenvalue weighted by Crippen LogP contribution is 2.57. The molecule has 2 aliphatic heterocycles. The van der Waals surface area contributed by atoms with E-state index in [1.807, 2.05) is 12.1 Å². The van der Waals surface area contributed by atoms with E-state index < -0.39 is 0 Å². The second kappa shape index (κ2) is 3.98. The molecule has 0 amide bonds. The van der Waals surface area contributed by atoms with Gasteiger partial charge in [0.1, 0.15) is 0 Å². The van der Waals surface area contributed by atoms with Crippen molar-refractivity contribution in [2.45, 2.75) is 36.8 Å². The Balaban J connectivity index is 1.93. The number of likely N-dealkylation sites (tertiary alicyclic amines) is 1. The van der Waals surface area contributed by atoms with Crippen LogP contribution in [0.4, 0.5) is 0 Å². The highest BCUT2D eigenvalue weighted by molar-refractivity contribution is 5.89. The number of rotatable bonds is 1. The second-order valence-electron chi connectivity index (χ2n) is 6.13. The number of benzene rings is 1. The Morgan fingerprint density at radius 2 is 2.30 bits per heavy atom. The van der Waals surface area contributed by atoms with Gasteiger partial charge >= 0.3 is 0 Å². The Hall–Kier alpha value is -1.55. The topological polar surface area (TPSA) is 38.8 Å². The van der Waals surface area contributed by atoms with Gasteiger partial charge in [-0.3, -0.25) is 4.79 Å². The monoisotopic (exact) mass is 273 g/mol. The Morgan fingerprint density at radius 3 is 3.10 bits per heavy atom. The molecule has 3 unspecified atom stereocenters. The Bertz CT molecular complexity index is 585. The summed E-state index contributed by atoms with van der Waals surface area (Å²) in [6.45, 7) is 1.02. The van der Waals surface area contributed by atoms with Gasteiger partial charge in [-0.15, -0.1) is 0 Å². The van der Waals surface area contributed by atoms with Crippen LogP contribution in [0.3, 0.4) is 0 Å². The zero-order chi connectivity index (χ0) is 13.9.